The van der Waals surface area contributed by atoms with Crippen LogP contribution in [0, 0.1) is 0 Å². The second-order valence-corrected chi connectivity index (χ2v) is 4.86. The number of nitrogens with zero attached hydrogens (tertiary/aromatic N) is 1. The molecule has 1 aliphatic rings. The lowest BCUT2D eigenvalue weighted by Gasteiger charge is -2.37. The monoisotopic (exact) mass is 261 g/mol. The van der Waals surface area contributed by atoms with E-state index in [-0.39, 0.29) is 24.2 Å². The number of carbonyl (C=O) groups is 2. The van der Waals surface area contributed by atoms with E-state index < -0.39 is 6.04 Å². The molecular formula is C15H19NO3. The van der Waals surface area contributed by atoms with Gasteiger partial charge in [0.05, 0.1) is 7.11 Å². The fourth-order valence-corrected chi connectivity index (χ4v) is 2.59. The molecular weight excluding hydrogens is 242 g/mol. The van der Waals surface area contributed by atoms with Crippen LogP contribution in [0.1, 0.15) is 31.4 Å². The number of benzene rings is 1. The lowest BCUT2D eigenvalue weighted by molar-refractivity contribution is -0.152. The van der Waals surface area contributed by atoms with Crippen LogP contribution in [-0.2, 0) is 14.3 Å². The summed E-state index contributed by atoms with van der Waals surface area (Å²) in [4.78, 5) is 25.5. The molecule has 102 valence electrons. The van der Waals surface area contributed by atoms with Crippen molar-refractivity contribution in [3.63, 3.8) is 0 Å². The first kappa shape index (κ1) is 13.7. The highest BCUT2D eigenvalue weighted by Crippen LogP contribution is 2.27. The van der Waals surface area contributed by atoms with E-state index in [1.54, 1.807) is 0 Å². The highest BCUT2D eigenvalue weighted by atomic mass is 16.5. The van der Waals surface area contributed by atoms with Crippen LogP contribution in [0.3, 0.4) is 0 Å². The van der Waals surface area contributed by atoms with Gasteiger partial charge in [0.1, 0.15) is 11.8 Å². The van der Waals surface area contributed by atoms with Crippen molar-refractivity contribution in [3.05, 3.63) is 35.9 Å². The molecule has 1 aromatic carbocycles. The molecule has 1 aromatic rings. The Bertz CT molecular complexity index is 458. The molecule has 0 saturated carbocycles. The standard InChI is InChI=1S/C15H19NO3/c1-11(12-6-4-3-5-7-12)16-9-8-13(17)10-14(16)15(18)19-2/h3-7,11,14H,8-10H2,1-2H3/t11-,14+/m0/s1. The largest absolute Gasteiger partial charge is 0.468 e. The molecule has 0 bridgehead atoms. The number of ether oxygens (including phenoxy) is 1. The van der Waals surface area contributed by atoms with E-state index >= 15 is 0 Å². The SMILES string of the molecule is COC(=O)[C@H]1CC(=O)CCN1[C@@H](C)c1ccccc1. The zero-order chi connectivity index (χ0) is 13.8. The van der Waals surface area contributed by atoms with Crippen molar-refractivity contribution in [2.75, 3.05) is 13.7 Å². The molecule has 1 heterocycles. The van der Waals surface area contributed by atoms with Gasteiger partial charge in [-0.15, -0.1) is 0 Å². The molecule has 0 aliphatic carbocycles. The smallest absolute Gasteiger partial charge is 0.323 e. The van der Waals surface area contributed by atoms with Gasteiger partial charge in [0.25, 0.3) is 0 Å². The fraction of sp³-hybridized carbons (Fsp3) is 0.467. The lowest BCUT2D eigenvalue weighted by Crippen LogP contribution is -2.48. The van der Waals surface area contributed by atoms with Crippen LogP contribution in [0.25, 0.3) is 0 Å². The molecule has 0 radical (unpaired) electrons. The average molecular weight is 261 g/mol. The highest BCUT2D eigenvalue weighted by molar-refractivity contribution is 5.87. The fourth-order valence-electron chi connectivity index (χ4n) is 2.59. The summed E-state index contributed by atoms with van der Waals surface area (Å²) in [6.45, 7) is 2.66. The topological polar surface area (TPSA) is 46.6 Å². The predicted molar refractivity (Wildman–Crippen MR) is 71.6 cm³/mol. The Kier molecular flexibility index (Phi) is 4.32. The van der Waals surface area contributed by atoms with Crippen molar-refractivity contribution in [1.82, 2.24) is 4.90 Å². The van der Waals surface area contributed by atoms with Gasteiger partial charge in [-0.05, 0) is 12.5 Å². The zero-order valence-corrected chi connectivity index (χ0v) is 11.3. The number of piperidine rings is 1. The van der Waals surface area contributed by atoms with Crippen LogP contribution in [0.2, 0.25) is 0 Å². The van der Waals surface area contributed by atoms with Crippen molar-refractivity contribution in [1.29, 1.82) is 0 Å². The van der Waals surface area contributed by atoms with Crippen molar-refractivity contribution in [2.24, 2.45) is 0 Å². The van der Waals surface area contributed by atoms with Gasteiger partial charge in [0.15, 0.2) is 0 Å². The number of carbonyl (C=O) groups excluding carboxylic acids is 2. The molecule has 1 saturated heterocycles. The van der Waals surface area contributed by atoms with Crippen LogP contribution in [0.5, 0.6) is 0 Å². The number of ketones is 1. The Balaban J connectivity index is 2.20. The van der Waals surface area contributed by atoms with Crippen LogP contribution in [-0.4, -0.2) is 36.3 Å². The Hall–Kier alpha value is -1.68. The van der Waals surface area contributed by atoms with Gasteiger partial charge in [0, 0.05) is 25.4 Å². The van der Waals surface area contributed by atoms with Crippen LogP contribution in [0.15, 0.2) is 30.3 Å². The third kappa shape index (κ3) is 3.01. The van der Waals surface area contributed by atoms with Gasteiger partial charge < -0.3 is 4.74 Å². The third-order valence-corrected chi connectivity index (χ3v) is 3.72. The average Bonchev–Trinajstić information content (AvgIpc) is 2.46. The molecule has 0 unspecified atom stereocenters. The second-order valence-electron chi connectivity index (χ2n) is 4.86. The molecule has 0 N–H and O–H groups in total. The Morgan fingerprint density at radius 1 is 1.37 bits per heavy atom. The summed E-state index contributed by atoms with van der Waals surface area (Å²) in [7, 11) is 1.37. The summed E-state index contributed by atoms with van der Waals surface area (Å²) in [6.07, 6.45) is 0.758. The summed E-state index contributed by atoms with van der Waals surface area (Å²) in [6, 6.07) is 9.64. The van der Waals surface area contributed by atoms with E-state index in [0.29, 0.717) is 13.0 Å². The van der Waals surface area contributed by atoms with Crippen molar-refractivity contribution < 1.29 is 14.3 Å². The number of esters is 1. The second kappa shape index (κ2) is 5.97. The van der Waals surface area contributed by atoms with Gasteiger partial charge in [-0.2, -0.15) is 0 Å². The Morgan fingerprint density at radius 2 is 2.05 bits per heavy atom. The summed E-state index contributed by atoms with van der Waals surface area (Å²) in [5.41, 5.74) is 1.14. The first-order valence-electron chi connectivity index (χ1n) is 6.53. The van der Waals surface area contributed by atoms with E-state index in [1.165, 1.54) is 7.11 Å². The van der Waals surface area contributed by atoms with E-state index in [2.05, 4.69) is 11.8 Å². The Labute approximate surface area is 113 Å². The summed E-state index contributed by atoms with van der Waals surface area (Å²) < 4.78 is 4.82. The molecule has 4 heteroatoms. The summed E-state index contributed by atoms with van der Waals surface area (Å²) >= 11 is 0. The highest BCUT2D eigenvalue weighted by Gasteiger charge is 2.36. The van der Waals surface area contributed by atoms with Gasteiger partial charge >= 0.3 is 5.97 Å². The molecule has 0 spiro atoms. The van der Waals surface area contributed by atoms with Crippen molar-refractivity contribution in [3.8, 4) is 0 Å². The number of Topliss-reactive ketones (excluding diaryl/α,β-unsaturated/α-hetero) is 1. The molecule has 1 fully saturated rings. The molecule has 2 atom stereocenters. The number of rotatable bonds is 3. The van der Waals surface area contributed by atoms with Crippen molar-refractivity contribution >= 4 is 11.8 Å². The summed E-state index contributed by atoms with van der Waals surface area (Å²) in [5, 5.41) is 0. The molecule has 1 aliphatic heterocycles. The first-order valence-corrected chi connectivity index (χ1v) is 6.53. The van der Waals surface area contributed by atoms with E-state index in [0.717, 1.165) is 5.56 Å². The minimum atomic E-state index is -0.457. The normalized spacial score (nSPS) is 22.0. The maximum atomic E-state index is 11.8. The van der Waals surface area contributed by atoms with Gasteiger partial charge in [-0.1, -0.05) is 30.3 Å². The number of methoxy groups -OCH3 is 1. The third-order valence-electron chi connectivity index (χ3n) is 3.72. The van der Waals surface area contributed by atoms with Crippen LogP contribution in [0.4, 0.5) is 0 Å². The molecule has 4 nitrogen and oxygen atoms in total. The maximum absolute atomic E-state index is 11.8. The summed E-state index contributed by atoms with van der Waals surface area (Å²) in [5.74, 6) is -0.192. The van der Waals surface area contributed by atoms with E-state index in [4.69, 9.17) is 4.74 Å². The van der Waals surface area contributed by atoms with Gasteiger partial charge in [-0.25, -0.2) is 0 Å². The minimum Gasteiger partial charge on any atom is -0.468 e. The predicted octanol–water partition coefficient (Wildman–Crippen LogP) is 1.95. The van der Waals surface area contributed by atoms with E-state index in [1.807, 2.05) is 30.3 Å². The van der Waals surface area contributed by atoms with Crippen LogP contribution >= 0.6 is 0 Å². The maximum Gasteiger partial charge on any atom is 0.323 e. The quantitative estimate of drug-likeness (QED) is 0.780. The molecule has 2 rings (SSSR count). The van der Waals surface area contributed by atoms with Gasteiger partial charge in [0.2, 0.25) is 0 Å². The molecule has 0 amide bonds. The first-order chi connectivity index (χ1) is 9.13. The lowest BCUT2D eigenvalue weighted by atomic mass is 9.96. The van der Waals surface area contributed by atoms with Crippen LogP contribution < -0.4 is 0 Å². The van der Waals surface area contributed by atoms with Gasteiger partial charge in [-0.3, -0.25) is 14.5 Å². The zero-order valence-electron chi connectivity index (χ0n) is 11.3. The number of likely N-dealkylation sites (tertiary alicyclic amines) is 1. The number of hydrogen-bond acceptors (Lipinski definition) is 4. The Morgan fingerprint density at radius 3 is 2.68 bits per heavy atom. The minimum absolute atomic E-state index is 0.0957. The van der Waals surface area contributed by atoms with Crippen molar-refractivity contribution in [2.45, 2.75) is 31.8 Å². The van der Waals surface area contributed by atoms with E-state index in [9.17, 15) is 9.59 Å². The molecule has 19 heavy (non-hydrogen) atoms. The number of hydrogen-bond donors (Lipinski definition) is 0. The molecule has 0 aromatic heterocycles.